The third-order valence-electron chi connectivity index (χ3n) is 4.37. The van der Waals surface area contributed by atoms with Gasteiger partial charge in [-0.25, -0.2) is 5.01 Å². The van der Waals surface area contributed by atoms with Crippen LogP contribution in [0.25, 0.3) is 0 Å². The molecule has 1 amide bonds. The van der Waals surface area contributed by atoms with Crippen LogP contribution in [0.3, 0.4) is 0 Å². The number of hydrogen-bond donors (Lipinski definition) is 1. The molecule has 1 aliphatic rings. The van der Waals surface area contributed by atoms with Crippen LogP contribution in [0, 0.1) is 6.92 Å². The molecule has 1 aliphatic heterocycles. The van der Waals surface area contributed by atoms with E-state index in [-0.39, 0.29) is 24.8 Å². The van der Waals surface area contributed by atoms with Gasteiger partial charge in [-0.1, -0.05) is 59.6 Å². The van der Waals surface area contributed by atoms with E-state index in [0.717, 1.165) is 22.4 Å². The quantitative estimate of drug-likeness (QED) is 0.857. The third-order valence-corrected chi connectivity index (χ3v) is 4.71. The van der Waals surface area contributed by atoms with E-state index in [1.165, 1.54) is 5.01 Å². The largest absolute Gasteiger partial charge is 0.481 e. The molecule has 3 rings (SSSR count). The van der Waals surface area contributed by atoms with Crippen LogP contribution in [-0.2, 0) is 9.59 Å². The molecule has 6 heteroatoms. The number of hydrogen-bond acceptors (Lipinski definition) is 3. The van der Waals surface area contributed by atoms with Gasteiger partial charge in [0.25, 0.3) is 0 Å². The van der Waals surface area contributed by atoms with Crippen molar-refractivity contribution in [2.24, 2.45) is 5.10 Å². The Balaban J connectivity index is 1.93. The summed E-state index contributed by atoms with van der Waals surface area (Å²) < 4.78 is 0. The first-order valence-corrected chi connectivity index (χ1v) is 8.76. The lowest BCUT2D eigenvalue weighted by Crippen LogP contribution is -2.27. The van der Waals surface area contributed by atoms with Crippen molar-refractivity contribution in [2.45, 2.75) is 32.2 Å². The summed E-state index contributed by atoms with van der Waals surface area (Å²) in [4.78, 5) is 23.4. The van der Waals surface area contributed by atoms with Crippen LogP contribution < -0.4 is 0 Å². The molecule has 2 aromatic carbocycles. The Labute approximate surface area is 156 Å². The lowest BCUT2D eigenvalue weighted by molar-refractivity contribution is -0.141. The molecule has 1 N–H and O–H groups in total. The summed E-state index contributed by atoms with van der Waals surface area (Å²) in [6.45, 7) is 2.01. The molecule has 0 spiro atoms. The maximum Gasteiger partial charge on any atom is 0.303 e. The molecule has 0 bridgehead atoms. The van der Waals surface area contributed by atoms with Crippen molar-refractivity contribution in [3.8, 4) is 0 Å². The highest BCUT2D eigenvalue weighted by atomic mass is 35.5. The van der Waals surface area contributed by atoms with Crippen LogP contribution in [0.4, 0.5) is 0 Å². The molecule has 0 radical (unpaired) electrons. The van der Waals surface area contributed by atoms with Crippen molar-refractivity contribution in [3.05, 3.63) is 70.2 Å². The zero-order valence-corrected chi connectivity index (χ0v) is 15.1. The van der Waals surface area contributed by atoms with Gasteiger partial charge in [0.2, 0.25) is 5.91 Å². The molecule has 0 aliphatic carbocycles. The highest BCUT2D eigenvalue weighted by Crippen LogP contribution is 2.36. The second-order valence-electron chi connectivity index (χ2n) is 6.29. The number of carboxylic acid groups (broad SMARTS) is 1. The van der Waals surface area contributed by atoms with Crippen LogP contribution in [0.1, 0.15) is 42.0 Å². The first kappa shape index (κ1) is 18.1. The molecular formula is C20H19ClN2O3. The molecule has 1 unspecified atom stereocenters. The van der Waals surface area contributed by atoms with Gasteiger partial charge in [-0.15, -0.1) is 0 Å². The van der Waals surface area contributed by atoms with Crippen molar-refractivity contribution >= 4 is 29.2 Å². The van der Waals surface area contributed by atoms with E-state index in [4.69, 9.17) is 16.7 Å². The molecule has 26 heavy (non-hydrogen) atoms. The maximum absolute atomic E-state index is 12.6. The fourth-order valence-corrected chi connectivity index (χ4v) is 3.24. The van der Waals surface area contributed by atoms with E-state index in [9.17, 15) is 9.59 Å². The van der Waals surface area contributed by atoms with Crippen LogP contribution in [0.15, 0.2) is 53.6 Å². The second kappa shape index (κ2) is 7.70. The number of carbonyl (C=O) groups is 2. The summed E-state index contributed by atoms with van der Waals surface area (Å²) in [6, 6.07) is 15.0. The molecule has 1 atom stereocenters. The van der Waals surface area contributed by atoms with Crippen molar-refractivity contribution in [3.63, 3.8) is 0 Å². The number of halogens is 1. The molecule has 1 heterocycles. The summed E-state index contributed by atoms with van der Waals surface area (Å²) in [7, 11) is 0. The predicted molar refractivity (Wildman–Crippen MR) is 100 cm³/mol. The van der Waals surface area contributed by atoms with Gasteiger partial charge in [0, 0.05) is 17.9 Å². The molecule has 0 fully saturated rings. The Morgan fingerprint density at radius 3 is 2.50 bits per heavy atom. The van der Waals surface area contributed by atoms with Gasteiger partial charge >= 0.3 is 5.97 Å². The zero-order chi connectivity index (χ0) is 18.7. The third kappa shape index (κ3) is 3.94. The van der Waals surface area contributed by atoms with Crippen LogP contribution in [0.2, 0.25) is 5.02 Å². The van der Waals surface area contributed by atoms with Crippen LogP contribution >= 0.6 is 11.6 Å². The van der Waals surface area contributed by atoms with Gasteiger partial charge < -0.3 is 5.11 Å². The molecule has 2 aromatic rings. The van der Waals surface area contributed by atoms with Crippen molar-refractivity contribution in [1.29, 1.82) is 0 Å². The van der Waals surface area contributed by atoms with E-state index in [2.05, 4.69) is 5.10 Å². The smallest absolute Gasteiger partial charge is 0.303 e. The van der Waals surface area contributed by atoms with Crippen molar-refractivity contribution < 1.29 is 14.7 Å². The molecule has 0 aromatic heterocycles. The average Bonchev–Trinajstić information content (AvgIpc) is 3.06. The number of carbonyl (C=O) groups excluding carboxylic acids is 1. The lowest BCUT2D eigenvalue weighted by Gasteiger charge is -2.22. The molecule has 0 saturated heterocycles. The van der Waals surface area contributed by atoms with E-state index in [0.29, 0.717) is 11.4 Å². The average molecular weight is 371 g/mol. The molecule has 5 nitrogen and oxygen atoms in total. The predicted octanol–water partition coefficient (Wildman–Crippen LogP) is 4.19. The Morgan fingerprint density at radius 1 is 1.15 bits per heavy atom. The number of aryl methyl sites for hydroxylation is 1. The van der Waals surface area contributed by atoms with E-state index < -0.39 is 5.97 Å². The first-order valence-electron chi connectivity index (χ1n) is 8.38. The fraction of sp³-hybridized carbons (Fsp3) is 0.250. The number of benzene rings is 2. The molecular weight excluding hydrogens is 352 g/mol. The summed E-state index contributed by atoms with van der Waals surface area (Å²) in [5, 5.41) is 15.3. The van der Waals surface area contributed by atoms with Gasteiger partial charge in [0.05, 0.1) is 18.2 Å². The monoisotopic (exact) mass is 370 g/mol. The number of amides is 1. The number of hydrazone groups is 1. The van der Waals surface area contributed by atoms with Gasteiger partial charge in [-0.2, -0.15) is 5.10 Å². The highest BCUT2D eigenvalue weighted by molar-refractivity contribution is 6.31. The zero-order valence-electron chi connectivity index (χ0n) is 14.4. The summed E-state index contributed by atoms with van der Waals surface area (Å²) >= 11 is 6.33. The minimum absolute atomic E-state index is 0.0963. The SMILES string of the molecule is Cc1ccc(C2=NN(C(=O)CCC(=O)O)C(c3ccccc3Cl)C2)cc1. The molecule has 0 saturated carbocycles. The Kier molecular flexibility index (Phi) is 5.38. The van der Waals surface area contributed by atoms with Gasteiger partial charge in [0.1, 0.15) is 0 Å². The standard InChI is InChI=1S/C20H19ClN2O3/c1-13-6-8-14(9-7-13)17-12-18(15-4-2-3-5-16(15)21)23(22-17)19(24)10-11-20(25)26/h2-9,18H,10-12H2,1H3,(H,25,26). The number of nitrogens with zero attached hydrogens (tertiary/aromatic N) is 2. The second-order valence-corrected chi connectivity index (χ2v) is 6.69. The summed E-state index contributed by atoms with van der Waals surface area (Å²) in [6.07, 6.45) is 0.215. The van der Waals surface area contributed by atoms with Crippen molar-refractivity contribution in [2.75, 3.05) is 0 Å². The topological polar surface area (TPSA) is 70.0 Å². The van der Waals surface area contributed by atoms with Crippen molar-refractivity contribution in [1.82, 2.24) is 5.01 Å². The number of aliphatic carboxylic acids is 1. The lowest BCUT2D eigenvalue weighted by atomic mass is 9.97. The van der Waals surface area contributed by atoms with E-state index in [1.807, 2.05) is 49.4 Å². The van der Waals surface area contributed by atoms with Gasteiger partial charge in [-0.3, -0.25) is 9.59 Å². The minimum atomic E-state index is -1.01. The first-order chi connectivity index (χ1) is 12.5. The summed E-state index contributed by atoms with van der Waals surface area (Å²) in [5.41, 5.74) is 3.69. The van der Waals surface area contributed by atoms with Gasteiger partial charge in [0.15, 0.2) is 0 Å². The Hall–Kier alpha value is -2.66. The highest BCUT2D eigenvalue weighted by Gasteiger charge is 2.34. The summed E-state index contributed by atoms with van der Waals surface area (Å²) in [5.74, 6) is -1.32. The van der Waals surface area contributed by atoms with Crippen LogP contribution in [-0.4, -0.2) is 27.7 Å². The Morgan fingerprint density at radius 2 is 1.85 bits per heavy atom. The van der Waals surface area contributed by atoms with Gasteiger partial charge in [-0.05, 0) is 24.1 Å². The Bertz CT molecular complexity index is 862. The van der Waals surface area contributed by atoms with Crippen LogP contribution in [0.5, 0.6) is 0 Å². The molecule has 134 valence electrons. The fourth-order valence-electron chi connectivity index (χ4n) is 2.98. The minimum Gasteiger partial charge on any atom is -0.481 e. The van der Waals surface area contributed by atoms with E-state index >= 15 is 0 Å². The van der Waals surface area contributed by atoms with E-state index in [1.54, 1.807) is 6.07 Å². The number of carboxylic acids is 1. The normalized spacial score (nSPS) is 16.5. The number of rotatable bonds is 5. The maximum atomic E-state index is 12.6.